The van der Waals surface area contributed by atoms with Crippen molar-refractivity contribution in [2.24, 2.45) is 17.3 Å². The van der Waals surface area contributed by atoms with Gasteiger partial charge in [-0.2, -0.15) is 0 Å². The summed E-state index contributed by atoms with van der Waals surface area (Å²) >= 11 is 0. The molecule has 1 aromatic carbocycles. The first-order chi connectivity index (χ1) is 10.5. The number of fused-ring (bicyclic) bond motifs is 5. The first-order valence-corrected chi connectivity index (χ1v) is 8.75. The lowest BCUT2D eigenvalue weighted by Crippen LogP contribution is -2.42. The molecule has 0 aliphatic heterocycles. The van der Waals surface area contributed by atoms with E-state index in [1.165, 1.54) is 24.0 Å². The van der Waals surface area contributed by atoms with E-state index in [9.17, 15) is 4.79 Å². The number of benzene rings is 1. The van der Waals surface area contributed by atoms with E-state index in [1.807, 2.05) is 0 Å². The molecule has 0 amide bonds. The maximum Gasteiger partial charge on any atom is 0.139 e. The highest BCUT2D eigenvalue weighted by atomic mass is 16.5. The Kier molecular flexibility index (Phi) is 3.15. The van der Waals surface area contributed by atoms with Gasteiger partial charge in [0.2, 0.25) is 0 Å². The van der Waals surface area contributed by atoms with Crippen molar-refractivity contribution >= 4 is 5.78 Å². The standard InChI is InChI=1S/C20H26O2/c1-12-10-16-13(11-18(12)22-3)4-5-15-14(16)8-9-20(2)17(15)6-7-19(20)21/h10-11,14-15,17H,4-9H2,1-3H3/t14-,15+,17+,20-/m0/s1. The predicted molar refractivity (Wildman–Crippen MR) is 87.4 cm³/mol. The number of ketones is 1. The highest BCUT2D eigenvalue weighted by molar-refractivity contribution is 5.87. The summed E-state index contributed by atoms with van der Waals surface area (Å²) in [6, 6.07) is 4.62. The van der Waals surface area contributed by atoms with Crippen LogP contribution in [0, 0.1) is 24.2 Å². The minimum atomic E-state index is -0.0137. The van der Waals surface area contributed by atoms with Gasteiger partial charge in [0.1, 0.15) is 11.5 Å². The summed E-state index contributed by atoms with van der Waals surface area (Å²) in [4.78, 5) is 12.4. The average Bonchev–Trinajstić information content (AvgIpc) is 2.82. The number of rotatable bonds is 1. The van der Waals surface area contributed by atoms with Gasteiger partial charge in [-0.3, -0.25) is 4.79 Å². The quantitative estimate of drug-likeness (QED) is 0.766. The Labute approximate surface area is 133 Å². The predicted octanol–water partition coefficient (Wildman–Crippen LogP) is 4.43. The molecule has 1 aromatic rings. The minimum absolute atomic E-state index is 0.0137. The van der Waals surface area contributed by atoms with Crippen LogP contribution in [0.15, 0.2) is 12.1 Å². The first-order valence-electron chi connectivity index (χ1n) is 8.75. The molecular weight excluding hydrogens is 272 g/mol. The Balaban J connectivity index is 1.73. The third-order valence-electron chi connectivity index (χ3n) is 6.95. The molecular formula is C20H26O2. The van der Waals surface area contributed by atoms with E-state index in [2.05, 4.69) is 26.0 Å². The van der Waals surface area contributed by atoms with Crippen LogP contribution in [0.1, 0.15) is 61.6 Å². The molecule has 0 bridgehead atoms. The Bertz CT molecular complexity index is 633. The maximum atomic E-state index is 12.4. The summed E-state index contributed by atoms with van der Waals surface area (Å²) in [5, 5.41) is 0. The molecule has 0 unspecified atom stereocenters. The molecule has 22 heavy (non-hydrogen) atoms. The van der Waals surface area contributed by atoms with E-state index >= 15 is 0 Å². The lowest BCUT2D eigenvalue weighted by molar-refractivity contribution is -0.129. The molecule has 3 aliphatic rings. The molecule has 2 saturated carbocycles. The number of hydrogen-bond acceptors (Lipinski definition) is 2. The summed E-state index contributed by atoms with van der Waals surface area (Å²) in [6.45, 7) is 4.40. The molecule has 0 aromatic heterocycles. The van der Waals surface area contributed by atoms with Crippen molar-refractivity contribution in [3.63, 3.8) is 0 Å². The van der Waals surface area contributed by atoms with Gasteiger partial charge in [0.25, 0.3) is 0 Å². The molecule has 2 nitrogen and oxygen atoms in total. The van der Waals surface area contributed by atoms with Gasteiger partial charge >= 0.3 is 0 Å². The van der Waals surface area contributed by atoms with Crippen LogP contribution in [0.5, 0.6) is 5.75 Å². The normalized spacial score (nSPS) is 36.5. The van der Waals surface area contributed by atoms with Crippen LogP contribution in [0.4, 0.5) is 0 Å². The molecule has 4 atom stereocenters. The van der Waals surface area contributed by atoms with Crippen molar-refractivity contribution < 1.29 is 9.53 Å². The highest BCUT2D eigenvalue weighted by Crippen LogP contribution is 2.59. The zero-order valence-corrected chi connectivity index (χ0v) is 13.9. The van der Waals surface area contributed by atoms with E-state index in [1.54, 1.807) is 12.7 Å². The lowest BCUT2D eigenvalue weighted by atomic mass is 9.55. The van der Waals surface area contributed by atoms with E-state index < -0.39 is 0 Å². The molecule has 2 fully saturated rings. The molecule has 2 heteroatoms. The maximum absolute atomic E-state index is 12.4. The largest absolute Gasteiger partial charge is 0.496 e. The van der Waals surface area contributed by atoms with Gasteiger partial charge < -0.3 is 4.74 Å². The van der Waals surface area contributed by atoms with Crippen LogP contribution in [0.3, 0.4) is 0 Å². The van der Waals surface area contributed by atoms with Gasteiger partial charge in [0.05, 0.1) is 7.11 Å². The molecule has 3 aliphatic carbocycles. The van der Waals surface area contributed by atoms with Gasteiger partial charge in [0, 0.05) is 11.8 Å². The van der Waals surface area contributed by atoms with E-state index in [4.69, 9.17) is 4.74 Å². The summed E-state index contributed by atoms with van der Waals surface area (Å²) in [7, 11) is 1.76. The van der Waals surface area contributed by atoms with Crippen molar-refractivity contribution in [3.05, 3.63) is 28.8 Å². The van der Waals surface area contributed by atoms with Crippen molar-refractivity contribution in [2.45, 2.75) is 58.3 Å². The zero-order valence-electron chi connectivity index (χ0n) is 13.9. The Morgan fingerprint density at radius 3 is 2.77 bits per heavy atom. The fraction of sp³-hybridized carbons (Fsp3) is 0.650. The second-order valence-electron chi connectivity index (χ2n) is 7.85. The molecule has 118 valence electrons. The van der Waals surface area contributed by atoms with Crippen LogP contribution >= 0.6 is 0 Å². The van der Waals surface area contributed by atoms with Crippen molar-refractivity contribution in [2.75, 3.05) is 7.11 Å². The van der Waals surface area contributed by atoms with Gasteiger partial charge in [-0.05, 0) is 79.5 Å². The highest BCUT2D eigenvalue weighted by Gasteiger charge is 2.54. The fourth-order valence-electron chi connectivity index (χ4n) is 5.70. The van der Waals surface area contributed by atoms with Crippen LogP contribution in [0.25, 0.3) is 0 Å². The second-order valence-corrected chi connectivity index (χ2v) is 7.85. The molecule has 4 rings (SSSR count). The van der Waals surface area contributed by atoms with Crippen molar-refractivity contribution in [3.8, 4) is 5.75 Å². The van der Waals surface area contributed by atoms with Gasteiger partial charge in [-0.25, -0.2) is 0 Å². The Morgan fingerprint density at radius 1 is 1.18 bits per heavy atom. The van der Waals surface area contributed by atoms with Crippen LogP contribution < -0.4 is 4.74 Å². The number of Topliss-reactive ketones (excluding diaryl/α,β-unsaturated/α-hetero) is 1. The summed E-state index contributed by atoms with van der Waals surface area (Å²) in [6.07, 6.45) is 6.61. The Hall–Kier alpha value is -1.31. The minimum Gasteiger partial charge on any atom is -0.496 e. The summed E-state index contributed by atoms with van der Waals surface area (Å²) < 4.78 is 5.50. The third kappa shape index (κ3) is 1.82. The Morgan fingerprint density at radius 2 is 2.00 bits per heavy atom. The van der Waals surface area contributed by atoms with Crippen LogP contribution in [-0.4, -0.2) is 12.9 Å². The van der Waals surface area contributed by atoms with Gasteiger partial charge in [0.15, 0.2) is 0 Å². The van der Waals surface area contributed by atoms with E-state index in [0.717, 1.165) is 31.4 Å². The number of carbonyl (C=O) groups is 1. The van der Waals surface area contributed by atoms with Gasteiger partial charge in [-0.15, -0.1) is 0 Å². The number of aryl methyl sites for hydroxylation is 2. The molecule has 0 N–H and O–H groups in total. The third-order valence-corrected chi connectivity index (χ3v) is 6.95. The number of hydrogen-bond donors (Lipinski definition) is 0. The topological polar surface area (TPSA) is 26.3 Å². The number of carbonyl (C=O) groups excluding carboxylic acids is 1. The first kappa shape index (κ1) is 14.3. The van der Waals surface area contributed by atoms with E-state index in [0.29, 0.717) is 23.5 Å². The van der Waals surface area contributed by atoms with Crippen molar-refractivity contribution in [1.82, 2.24) is 0 Å². The molecule has 0 radical (unpaired) electrons. The number of methoxy groups -OCH3 is 1. The molecule has 0 spiro atoms. The van der Waals surface area contributed by atoms with Crippen molar-refractivity contribution in [1.29, 1.82) is 0 Å². The van der Waals surface area contributed by atoms with Gasteiger partial charge in [-0.1, -0.05) is 13.0 Å². The monoisotopic (exact) mass is 298 g/mol. The summed E-state index contributed by atoms with van der Waals surface area (Å²) in [5.41, 5.74) is 4.27. The molecule has 0 heterocycles. The lowest BCUT2D eigenvalue weighted by Gasteiger charge is -2.48. The second kappa shape index (κ2) is 4.84. The van der Waals surface area contributed by atoms with Crippen LogP contribution in [-0.2, 0) is 11.2 Å². The summed E-state index contributed by atoms with van der Waals surface area (Å²) in [5.74, 6) is 3.55. The molecule has 0 saturated heterocycles. The van der Waals surface area contributed by atoms with E-state index in [-0.39, 0.29) is 5.41 Å². The SMILES string of the molecule is COc1cc2c(cc1C)[C@H]1CC[C@]3(C)C(=O)CC[C@@H]3[C@@H]1CC2. The van der Waals surface area contributed by atoms with Crippen LogP contribution in [0.2, 0.25) is 0 Å². The smallest absolute Gasteiger partial charge is 0.139 e. The number of ether oxygens (including phenoxy) is 1. The fourth-order valence-corrected chi connectivity index (χ4v) is 5.70. The average molecular weight is 298 g/mol. The zero-order chi connectivity index (χ0) is 15.5.